The summed E-state index contributed by atoms with van der Waals surface area (Å²) in [5.74, 6) is -0.0170. The maximum atomic E-state index is 14.8. The number of aryl methyl sites for hydroxylation is 1. The van der Waals surface area contributed by atoms with Gasteiger partial charge in [0.2, 0.25) is 0 Å². The molecule has 198 valence electrons. The molecule has 2 N–H and O–H groups in total. The molecule has 1 fully saturated rings. The topological polar surface area (TPSA) is 87.6 Å². The van der Waals surface area contributed by atoms with Crippen molar-refractivity contribution in [1.29, 1.82) is 0 Å². The minimum absolute atomic E-state index is 0.108. The average molecular weight is 517 g/mol. The van der Waals surface area contributed by atoms with Crippen molar-refractivity contribution in [3.05, 3.63) is 58.5 Å². The van der Waals surface area contributed by atoms with Crippen LogP contribution in [-0.4, -0.2) is 52.4 Å². The highest BCUT2D eigenvalue weighted by molar-refractivity contribution is 5.95. The largest absolute Gasteiger partial charge is 0.496 e. The van der Waals surface area contributed by atoms with Crippen LogP contribution in [-0.2, 0) is 4.79 Å². The number of anilines is 1. The maximum absolute atomic E-state index is 14.8. The van der Waals surface area contributed by atoms with Gasteiger partial charge in [-0.15, -0.1) is 5.10 Å². The van der Waals surface area contributed by atoms with Crippen LogP contribution in [0.1, 0.15) is 67.5 Å². The summed E-state index contributed by atoms with van der Waals surface area (Å²) in [5, 5.41) is 22.9. The highest BCUT2D eigenvalue weighted by Gasteiger charge is 2.28. The molecule has 1 amide bonds. The molecular weight excluding hydrogens is 485 g/mol. The number of amides is 1. The number of hydrogen-bond acceptors (Lipinski definition) is 6. The van der Waals surface area contributed by atoms with Crippen molar-refractivity contribution >= 4 is 22.5 Å². The van der Waals surface area contributed by atoms with Crippen LogP contribution < -0.4 is 10.1 Å². The van der Waals surface area contributed by atoms with E-state index in [1.165, 1.54) is 19.1 Å². The fourth-order valence-electron chi connectivity index (χ4n) is 4.96. The molecule has 1 saturated heterocycles. The number of fused-ring (bicyclic) bond motifs is 1. The van der Waals surface area contributed by atoms with Crippen molar-refractivity contribution in [3.8, 4) is 5.75 Å². The van der Waals surface area contributed by atoms with Crippen LogP contribution in [0.15, 0.2) is 30.3 Å². The monoisotopic (exact) mass is 516 g/mol. The summed E-state index contributed by atoms with van der Waals surface area (Å²) in [6.07, 6.45) is -2.55. The molecule has 7 nitrogen and oxygen atoms in total. The first-order valence-corrected chi connectivity index (χ1v) is 12.3. The van der Waals surface area contributed by atoms with E-state index in [-0.39, 0.29) is 17.4 Å². The SMILES string of the molecule is COc1cc2c(C)nnc(N[C@H](C)c3cccc(C(F)F)c3F)c2cc1C1CCN(C(=O)[C@H](C)O)CC1. The summed E-state index contributed by atoms with van der Waals surface area (Å²) in [5.41, 5.74) is 1.10. The summed E-state index contributed by atoms with van der Waals surface area (Å²) in [6.45, 7) is 6.01. The Hall–Kier alpha value is -3.40. The van der Waals surface area contributed by atoms with Crippen LogP contribution in [0.5, 0.6) is 5.75 Å². The first-order valence-electron chi connectivity index (χ1n) is 12.3. The van der Waals surface area contributed by atoms with Crippen LogP contribution in [0.3, 0.4) is 0 Å². The minimum atomic E-state index is -2.91. The summed E-state index contributed by atoms with van der Waals surface area (Å²) in [7, 11) is 1.60. The van der Waals surface area contributed by atoms with E-state index < -0.39 is 30.0 Å². The van der Waals surface area contributed by atoms with E-state index in [0.717, 1.165) is 22.4 Å². The number of aliphatic hydroxyl groups is 1. The predicted octanol–water partition coefficient (Wildman–Crippen LogP) is 5.28. The van der Waals surface area contributed by atoms with Crippen molar-refractivity contribution in [2.24, 2.45) is 0 Å². The number of ether oxygens (including phenoxy) is 1. The molecule has 2 aromatic carbocycles. The molecular formula is C27H31F3N4O3. The average Bonchev–Trinajstić information content (AvgIpc) is 2.89. The predicted molar refractivity (Wildman–Crippen MR) is 134 cm³/mol. The van der Waals surface area contributed by atoms with Crippen LogP contribution in [0.2, 0.25) is 0 Å². The van der Waals surface area contributed by atoms with Crippen LogP contribution in [0, 0.1) is 12.7 Å². The van der Waals surface area contributed by atoms with E-state index in [1.54, 1.807) is 18.9 Å². The molecule has 1 aliphatic rings. The van der Waals surface area contributed by atoms with Crippen LogP contribution >= 0.6 is 0 Å². The lowest BCUT2D eigenvalue weighted by Crippen LogP contribution is -2.42. The van der Waals surface area contributed by atoms with Gasteiger partial charge in [-0.2, -0.15) is 5.10 Å². The van der Waals surface area contributed by atoms with Crippen molar-refractivity contribution < 1.29 is 27.8 Å². The zero-order chi connectivity index (χ0) is 26.9. The molecule has 4 rings (SSSR count). The zero-order valence-corrected chi connectivity index (χ0v) is 21.3. The van der Waals surface area contributed by atoms with E-state index in [1.807, 2.05) is 19.1 Å². The van der Waals surface area contributed by atoms with Gasteiger partial charge in [0.15, 0.2) is 5.82 Å². The van der Waals surface area contributed by atoms with Gasteiger partial charge in [0.1, 0.15) is 17.7 Å². The Labute approximate surface area is 213 Å². The number of methoxy groups -OCH3 is 1. The van der Waals surface area contributed by atoms with Crippen LogP contribution in [0.4, 0.5) is 19.0 Å². The summed E-state index contributed by atoms with van der Waals surface area (Å²) in [4.78, 5) is 13.9. The molecule has 1 aromatic heterocycles. The van der Waals surface area contributed by atoms with E-state index >= 15 is 0 Å². The van der Waals surface area contributed by atoms with Crippen molar-refractivity contribution in [3.63, 3.8) is 0 Å². The Morgan fingerprint density at radius 3 is 2.43 bits per heavy atom. The maximum Gasteiger partial charge on any atom is 0.266 e. The van der Waals surface area contributed by atoms with Gasteiger partial charge in [-0.25, -0.2) is 13.2 Å². The summed E-state index contributed by atoms with van der Waals surface area (Å²) in [6, 6.07) is 7.19. The van der Waals surface area contributed by atoms with Gasteiger partial charge in [0.25, 0.3) is 12.3 Å². The van der Waals surface area contributed by atoms with E-state index in [0.29, 0.717) is 43.2 Å². The fourth-order valence-corrected chi connectivity index (χ4v) is 4.96. The minimum Gasteiger partial charge on any atom is -0.496 e. The number of alkyl halides is 2. The molecule has 0 saturated carbocycles. The zero-order valence-electron chi connectivity index (χ0n) is 21.3. The standard InChI is InChI=1S/C27H31F3N4O3/c1-14(18-6-5-7-19(24(18)28)25(29)30)31-26-22-12-21(23(37-4)13-20(22)15(2)32-33-26)17-8-10-34(11-9-17)27(36)16(3)35/h5-7,12-14,16-17,25,35H,8-11H2,1-4H3,(H,31,33)/t14-,16+/m1/s1. The van der Waals surface area contributed by atoms with Crippen molar-refractivity contribution in [1.82, 2.24) is 15.1 Å². The number of halogens is 3. The number of carbonyl (C=O) groups excluding carboxylic acids is 1. The number of aliphatic hydroxyl groups excluding tert-OH is 1. The molecule has 0 bridgehead atoms. The number of benzene rings is 2. The second kappa shape index (κ2) is 10.9. The number of rotatable bonds is 7. The number of aromatic nitrogens is 2. The molecule has 2 heterocycles. The first-order chi connectivity index (χ1) is 17.6. The van der Waals surface area contributed by atoms with Gasteiger partial charge in [0, 0.05) is 29.4 Å². The number of nitrogens with zero attached hydrogens (tertiary/aromatic N) is 3. The normalized spacial score (nSPS) is 16.2. The second-order valence-electron chi connectivity index (χ2n) is 9.47. The quantitative estimate of drug-likeness (QED) is 0.444. The van der Waals surface area contributed by atoms with Crippen molar-refractivity contribution in [2.75, 3.05) is 25.5 Å². The molecule has 0 spiro atoms. The Balaban J connectivity index is 1.68. The summed E-state index contributed by atoms with van der Waals surface area (Å²) >= 11 is 0. The van der Waals surface area contributed by atoms with Gasteiger partial charge in [-0.05, 0) is 57.2 Å². The third kappa shape index (κ3) is 5.34. The molecule has 0 unspecified atom stereocenters. The number of nitrogens with one attached hydrogen (secondary N) is 1. The number of hydrogen-bond donors (Lipinski definition) is 2. The molecule has 2 atom stereocenters. The van der Waals surface area contributed by atoms with Gasteiger partial charge in [-0.1, -0.05) is 18.2 Å². The van der Waals surface area contributed by atoms with E-state index in [2.05, 4.69) is 15.5 Å². The Bertz CT molecular complexity index is 1290. The lowest BCUT2D eigenvalue weighted by molar-refractivity contribution is -0.140. The molecule has 0 aliphatic carbocycles. The Morgan fingerprint density at radius 2 is 1.81 bits per heavy atom. The molecule has 10 heteroatoms. The lowest BCUT2D eigenvalue weighted by Gasteiger charge is -2.33. The second-order valence-corrected chi connectivity index (χ2v) is 9.47. The number of likely N-dealkylation sites (tertiary alicyclic amines) is 1. The molecule has 37 heavy (non-hydrogen) atoms. The Kier molecular flexibility index (Phi) is 7.87. The van der Waals surface area contributed by atoms with Gasteiger partial charge >= 0.3 is 0 Å². The third-order valence-electron chi connectivity index (χ3n) is 7.03. The van der Waals surface area contributed by atoms with E-state index in [4.69, 9.17) is 4.74 Å². The van der Waals surface area contributed by atoms with Gasteiger partial charge in [0.05, 0.1) is 24.4 Å². The molecule has 0 radical (unpaired) electrons. The van der Waals surface area contributed by atoms with Crippen molar-refractivity contribution in [2.45, 2.75) is 58.1 Å². The molecule has 1 aliphatic heterocycles. The number of piperidine rings is 1. The highest BCUT2D eigenvalue weighted by atomic mass is 19.3. The first kappa shape index (κ1) is 26.7. The fraction of sp³-hybridized carbons (Fsp3) is 0.444. The number of carbonyl (C=O) groups is 1. The van der Waals surface area contributed by atoms with Gasteiger partial charge in [-0.3, -0.25) is 4.79 Å². The third-order valence-corrected chi connectivity index (χ3v) is 7.03. The highest BCUT2D eigenvalue weighted by Crippen LogP contribution is 2.39. The van der Waals surface area contributed by atoms with Crippen LogP contribution in [0.25, 0.3) is 10.8 Å². The summed E-state index contributed by atoms with van der Waals surface area (Å²) < 4.78 is 46.9. The molecule has 3 aromatic rings. The lowest BCUT2D eigenvalue weighted by atomic mass is 9.87. The van der Waals surface area contributed by atoms with E-state index in [9.17, 15) is 23.1 Å². The smallest absolute Gasteiger partial charge is 0.266 e. The van der Waals surface area contributed by atoms with Gasteiger partial charge < -0.3 is 20.1 Å². The Morgan fingerprint density at radius 1 is 1.14 bits per heavy atom.